The third kappa shape index (κ3) is 5.82. The molecular weight excluding hydrogens is 534 g/mol. The number of halogens is 4. The molecule has 0 radical (unpaired) electrons. The highest BCUT2D eigenvalue weighted by molar-refractivity contribution is 6.05. The van der Waals surface area contributed by atoms with E-state index < -0.39 is 42.8 Å². The molecule has 2 aromatic carbocycles. The van der Waals surface area contributed by atoms with Gasteiger partial charge in [-0.1, -0.05) is 6.07 Å². The van der Waals surface area contributed by atoms with Gasteiger partial charge in [-0.3, -0.25) is 14.7 Å². The number of methoxy groups -OCH3 is 1. The highest BCUT2D eigenvalue weighted by atomic mass is 19.4. The van der Waals surface area contributed by atoms with E-state index in [2.05, 4.69) is 30.6 Å². The average Bonchev–Trinajstić information content (AvgIpc) is 3.62. The molecule has 3 N–H and O–H groups in total. The highest BCUT2D eigenvalue weighted by Crippen LogP contribution is 2.30. The van der Waals surface area contributed by atoms with Gasteiger partial charge in [-0.25, -0.2) is 9.37 Å². The van der Waals surface area contributed by atoms with Gasteiger partial charge in [0.25, 0.3) is 11.8 Å². The number of alkyl halides is 3. The fourth-order valence-corrected chi connectivity index (χ4v) is 4.11. The Balaban J connectivity index is 1.44. The van der Waals surface area contributed by atoms with Crippen molar-refractivity contribution in [3.05, 3.63) is 71.3 Å². The molecule has 0 saturated heterocycles. The molecule has 208 valence electrons. The maximum atomic E-state index is 14.5. The summed E-state index contributed by atoms with van der Waals surface area (Å²) >= 11 is 0. The van der Waals surface area contributed by atoms with Crippen LogP contribution in [0.4, 0.5) is 17.6 Å². The van der Waals surface area contributed by atoms with E-state index in [0.717, 1.165) is 31.0 Å². The van der Waals surface area contributed by atoms with E-state index in [9.17, 15) is 27.2 Å². The van der Waals surface area contributed by atoms with E-state index in [4.69, 9.17) is 8.85 Å². The highest BCUT2D eigenvalue weighted by Gasteiger charge is 2.32. The maximum absolute atomic E-state index is 14.5. The van der Waals surface area contributed by atoms with Gasteiger partial charge in [-0.15, -0.1) is 13.2 Å². The molecule has 1 aliphatic carbocycles. The molecule has 2 aromatic heterocycles. The van der Waals surface area contributed by atoms with E-state index in [-0.39, 0.29) is 28.8 Å². The first-order valence-electron chi connectivity index (χ1n) is 13.5. The minimum absolute atomic E-state index is 0.140. The Kier molecular flexibility index (Phi) is 6.08. The summed E-state index contributed by atoms with van der Waals surface area (Å²) in [5, 5.41) is 12.8. The zero-order chi connectivity index (χ0) is 31.1. The summed E-state index contributed by atoms with van der Waals surface area (Å²) in [5.41, 5.74) is 0.948. The Bertz CT molecular complexity index is 1710. The van der Waals surface area contributed by atoms with Crippen molar-refractivity contribution >= 4 is 22.7 Å². The van der Waals surface area contributed by atoms with Crippen molar-refractivity contribution in [2.45, 2.75) is 38.2 Å². The molecule has 1 saturated carbocycles. The fraction of sp³-hybridized carbons (Fsp3) is 0.259. The van der Waals surface area contributed by atoms with Gasteiger partial charge >= 0.3 is 6.36 Å². The smallest absolute Gasteiger partial charge is 0.480 e. The number of ether oxygens (including phenoxy) is 2. The van der Waals surface area contributed by atoms with Crippen LogP contribution < -0.4 is 20.1 Å². The lowest BCUT2D eigenvalue weighted by molar-refractivity contribution is -0.274. The van der Waals surface area contributed by atoms with Crippen LogP contribution in [0.2, 0.25) is 0 Å². The van der Waals surface area contributed by atoms with Gasteiger partial charge in [-0.05, 0) is 61.7 Å². The van der Waals surface area contributed by atoms with Gasteiger partial charge < -0.3 is 20.1 Å². The second-order valence-corrected chi connectivity index (χ2v) is 9.19. The number of carbonyl (C=O) groups is 2. The summed E-state index contributed by atoms with van der Waals surface area (Å²) in [7, 11) is -2.98. The molecule has 1 fully saturated rings. The van der Waals surface area contributed by atoms with E-state index in [1.54, 1.807) is 18.2 Å². The van der Waals surface area contributed by atoms with Crippen LogP contribution in [0.5, 0.6) is 11.6 Å². The van der Waals surface area contributed by atoms with Crippen molar-refractivity contribution in [1.82, 2.24) is 25.8 Å². The van der Waals surface area contributed by atoms with Crippen LogP contribution in [0.1, 0.15) is 56.3 Å². The van der Waals surface area contributed by atoms with Crippen LogP contribution in [0.3, 0.4) is 0 Å². The lowest BCUT2D eigenvalue weighted by atomic mass is 10.0. The number of pyridine rings is 1. The number of aromatic amines is 1. The number of benzene rings is 2. The lowest BCUT2D eigenvalue weighted by Gasteiger charge is -2.18. The predicted octanol–water partition coefficient (Wildman–Crippen LogP) is 5.05. The number of nitrogens with one attached hydrogen (secondary N) is 3. The summed E-state index contributed by atoms with van der Waals surface area (Å²) < 4.78 is 83.5. The SMILES string of the molecule is [2H]C([2H])([2H])Oc1ncc(-c2ccc3c(C(=O)NC4CC4)n[nH]c3c2)cc1C(=O)N[C@H](C)c1cc(OC(F)(F)F)ccc1F. The zero-order valence-electron chi connectivity index (χ0n) is 23.7. The van der Waals surface area contributed by atoms with Crippen LogP contribution in [0.25, 0.3) is 22.0 Å². The van der Waals surface area contributed by atoms with Gasteiger partial charge in [-0.2, -0.15) is 5.10 Å². The summed E-state index contributed by atoms with van der Waals surface area (Å²) in [6.45, 7) is 1.32. The monoisotopic (exact) mass is 560 g/mol. The van der Waals surface area contributed by atoms with Crippen LogP contribution >= 0.6 is 0 Å². The van der Waals surface area contributed by atoms with E-state index >= 15 is 0 Å². The van der Waals surface area contributed by atoms with E-state index in [0.29, 0.717) is 22.0 Å². The van der Waals surface area contributed by atoms with Crippen molar-refractivity contribution < 1.29 is 40.7 Å². The molecule has 0 spiro atoms. The van der Waals surface area contributed by atoms with Gasteiger partial charge in [0.2, 0.25) is 5.88 Å². The van der Waals surface area contributed by atoms with Crippen LogP contribution in [-0.2, 0) is 0 Å². The number of hydrogen-bond acceptors (Lipinski definition) is 6. The number of carbonyl (C=O) groups excluding carboxylic acids is 2. The van der Waals surface area contributed by atoms with Crippen molar-refractivity contribution in [3.63, 3.8) is 0 Å². The molecule has 2 heterocycles. The Morgan fingerprint density at radius 3 is 2.65 bits per heavy atom. The minimum Gasteiger partial charge on any atom is -0.480 e. The van der Waals surface area contributed by atoms with Gasteiger partial charge in [0.1, 0.15) is 17.1 Å². The molecule has 40 heavy (non-hydrogen) atoms. The largest absolute Gasteiger partial charge is 0.573 e. The molecule has 1 atom stereocenters. The molecule has 5 rings (SSSR count). The van der Waals surface area contributed by atoms with Gasteiger partial charge in [0.05, 0.1) is 22.7 Å². The number of nitrogens with zero attached hydrogens (tertiary/aromatic N) is 2. The minimum atomic E-state index is -5.01. The van der Waals surface area contributed by atoms with Crippen LogP contribution in [-0.4, -0.2) is 46.4 Å². The average molecular weight is 561 g/mol. The first-order chi connectivity index (χ1) is 20.2. The Morgan fingerprint density at radius 1 is 1.12 bits per heavy atom. The fourth-order valence-electron chi connectivity index (χ4n) is 4.11. The standard InChI is InChI=1S/C27H23F4N5O4/c1-13(19-11-17(6-8-21(19)28)40-27(29,30)31)33-24(37)20-9-15(12-32-26(20)39-2)14-3-7-18-22(10-14)35-36-23(18)25(38)34-16-4-5-16/h3,6-13,16H,4-5H2,1-2H3,(H,33,37)(H,34,38)(H,35,36)/t13-/m1/s1/i2D3. The number of aromatic nitrogens is 3. The van der Waals surface area contributed by atoms with Crippen molar-refractivity contribution in [2.75, 3.05) is 7.04 Å². The molecule has 2 amide bonds. The van der Waals surface area contributed by atoms with E-state index in [1.807, 2.05) is 0 Å². The summed E-state index contributed by atoms with van der Waals surface area (Å²) in [4.78, 5) is 29.8. The van der Waals surface area contributed by atoms with Crippen LogP contribution in [0.15, 0.2) is 48.7 Å². The molecule has 13 heteroatoms. The van der Waals surface area contributed by atoms with Crippen molar-refractivity contribution in [3.8, 4) is 22.8 Å². The van der Waals surface area contributed by atoms with E-state index in [1.165, 1.54) is 19.2 Å². The van der Waals surface area contributed by atoms with Gasteiger partial charge in [0.15, 0.2) is 5.69 Å². The number of fused-ring (bicyclic) bond motifs is 1. The predicted molar refractivity (Wildman–Crippen MR) is 135 cm³/mol. The van der Waals surface area contributed by atoms with Gasteiger partial charge in [0, 0.05) is 28.8 Å². The first-order valence-corrected chi connectivity index (χ1v) is 12.0. The zero-order valence-corrected chi connectivity index (χ0v) is 20.7. The lowest BCUT2D eigenvalue weighted by Crippen LogP contribution is -2.28. The normalized spacial score (nSPS) is 15.5. The quantitative estimate of drug-likeness (QED) is 0.260. The number of rotatable bonds is 8. The Hall–Kier alpha value is -4.68. The molecule has 0 aliphatic heterocycles. The third-order valence-electron chi connectivity index (χ3n) is 6.23. The van der Waals surface area contributed by atoms with Crippen molar-refractivity contribution in [1.29, 1.82) is 0 Å². The topological polar surface area (TPSA) is 118 Å². The summed E-state index contributed by atoms with van der Waals surface area (Å²) in [6, 6.07) is 7.56. The Labute approximate surface area is 229 Å². The number of amides is 2. The second-order valence-electron chi connectivity index (χ2n) is 9.19. The molecular formula is C27H23F4N5O4. The number of H-pyrrole nitrogens is 1. The second kappa shape index (κ2) is 10.5. The maximum Gasteiger partial charge on any atom is 0.573 e. The summed E-state index contributed by atoms with van der Waals surface area (Å²) in [5.74, 6) is -3.41. The third-order valence-corrected chi connectivity index (χ3v) is 6.23. The molecule has 1 aliphatic rings. The molecule has 0 bridgehead atoms. The summed E-state index contributed by atoms with van der Waals surface area (Å²) in [6.07, 6.45) is -1.92. The molecule has 9 nitrogen and oxygen atoms in total. The van der Waals surface area contributed by atoms with Crippen LogP contribution in [0, 0.1) is 5.82 Å². The Morgan fingerprint density at radius 2 is 1.93 bits per heavy atom. The molecule has 0 unspecified atom stereocenters. The first kappa shape index (κ1) is 23.2. The molecule has 4 aromatic rings. The number of hydrogen-bond donors (Lipinski definition) is 3. The van der Waals surface area contributed by atoms with Crippen molar-refractivity contribution in [2.24, 2.45) is 0 Å².